The molecular weight excluding hydrogens is 222 g/mol. The molecule has 1 aromatic carbocycles. The van der Waals surface area contributed by atoms with Gasteiger partial charge in [-0.15, -0.1) is 0 Å². The van der Waals surface area contributed by atoms with Gasteiger partial charge in [0.15, 0.2) is 0 Å². The van der Waals surface area contributed by atoms with E-state index in [0.717, 1.165) is 11.8 Å². The van der Waals surface area contributed by atoms with Crippen molar-refractivity contribution in [3.8, 4) is 0 Å². The topological polar surface area (TPSA) is 46.2 Å². The van der Waals surface area contributed by atoms with E-state index in [4.69, 9.17) is 0 Å². The van der Waals surface area contributed by atoms with Crippen LogP contribution in [0.25, 0.3) is 0 Å². The molecule has 0 unspecified atom stereocenters. The standard InChI is InChI=1S/C12H19NO2S/c1-9-8-10(12(2,3)4)6-7-11(9)13-16(5,14)15/h6-8,13H,1-5H3. The SMILES string of the molecule is Cc1cc(C(C)(C)C)ccc1NS(C)(=O)=O. The minimum Gasteiger partial charge on any atom is -0.284 e. The lowest BCUT2D eigenvalue weighted by Gasteiger charge is -2.20. The maximum Gasteiger partial charge on any atom is 0.229 e. The van der Waals surface area contributed by atoms with Gasteiger partial charge < -0.3 is 0 Å². The van der Waals surface area contributed by atoms with Gasteiger partial charge in [0.1, 0.15) is 0 Å². The fourth-order valence-corrected chi connectivity index (χ4v) is 2.07. The highest BCUT2D eigenvalue weighted by Gasteiger charge is 2.15. The molecule has 0 spiro atoms. The molecule has 0 amide bonds. The molecule has 1 rings (SSSR count). The van der Waals surface area contributed by atoms with E-state index in [1.54, 1.807) is 0 Å². The van der Waals surface area contributed by atoms with E-state index < -0.39 is 10.0 Å². The fraction of sp³-hybridized carbons (Fsp3) is 0.500. The molecule has 0 aromatic heterocycles. The van der Waals surface area contributed by atoms with Crippen LogP contribution in [0, 0.1) is 6.92 Å². The molecule has 4 heteroatoms. The average molecular weight is 241 g/mol. The van der Waals surface area contributed by atoms with Gasteiger partial charge in [0.2, 0.25) is 10.0 Å². The first-order valence-corrected chi connectivity index (χ1v) is 7.08. The third kappa shape index (κ3) is 3.52. The monoisotopic (exact) mass is 241 g/mol. The van der Waals surface area contributed by atoms with Gasteiger partial charge in [-0.1, -0.05) is 32.9 Å². The summed E-state index contributed by atoms with van der Waals surface area (Å²) in [6.45, 7) is 8.30. The molecule has 1 N–H and O–H groups in total. The second kappa shape index (κ2) is 4.09. The highest BCUT2D eigenvalue weighted by Crippen LogP contribution is 2.26. The van der Waals surface area contributed by atoms with Crippen molar-refractivity contribution in [3.63, 3.8) is 0 Å². The number of rotatable bonds is 2. The summed E-state index contributed by atoms with van der Waals surface area (Å²) in [6.07, 6.45) is 1.16. The van der Waals surface area contributed by atoms with E-state index in [0.29, 0.717) is 5.69 Å². The molecule has 1 aromatic rings. The summed E-state index contributed by atoms with van der Waals surface area (Å²) in [5.41, 5.74) is 2.87. The number of aryl methyl sites for hydroxylation is 1. The third-order valence-electron chi connectivity index (χ3n) is 2.39. The van der Waals surface area contributed by atoms with Crippen LogP contribution in [-0.2, 0) is 15.4 Å². The first-order chi connectivity index (χ1) is 7.09. The summed E-state index contributed by atoms with van der Waals surface area (Å²) in [4.78, 5) is 0. The summed E-state index contributed by atoms with van der Waals surface area (Å²) in [6, 6.07) is 5.80. The van der Waals surface area contributed by atoms with E-state index in [9.17, 15) is 8.42 Å². The molecule has 0 saturated heterocycles. The van der Waals surface area contributed by atoms with Crippen molar-refractivity contribution in [2.75, 3.05) is 11.0 Å². The summed E-state index contributed by atoms with van der Waals surface area (Å²) >= 11 is 0. The molecule has 0 heterocycles. The van der Waals surface area contributed by atoms with Crippen molar-refractivity contribution in [3.05, 3.63) is 29.3 Å². The van der Waals surface area contributed by atoms with Crippen LogP contribution in [0.3, 0.4) is 0 Å². The van der Waals surface area contributed by atoms with E-state index in [2.05, 4.69) is 25.5 Å². The van der Waals surface area contributed by atoms with Crippen LogP contribution in [0.15, 0.2) is 18.2 Å². The minimum absolute atomic E-state index is 0.0778. The zero-order chi connectivity index (χ0) is 12.6. The molecular formula is C12H19NO2S. The highest BCUT2D eigenvalue weighted by molar-refractivity contribution is 7.92. The lowest BCUT2D eigenvalue weighted by atomic mass is 9.86. The first kappa shape index (κ1) is 13.0. The molecule has 0 fully saturated rings. The number of nitrogens with one attached hydrogen (secondary N) is 1. The Morgan fingerprint density at radius 3 is 2.12 bits per heavy atom. The predicted molar refractivity (Wildman–Crippen MR) is 68.3 cm³/mol. The van der Waals surface area contributed by atoms with Crippen molar-refractivity contribution in [2.24, 2.45) is 0 Å². The van der Waals surface area contributed by atoms with Gasteiger partial charge in [-0.25, -0.2) is 8.42 Å². The third-order valence-corrected chi connectivity index (χ3v) is 2.98. The Labute approximate surface area is 97.9 Å². The summed E-state index contributed by atoms with van der Waals surface area (Å²) in [5.74, 6) is 0. The maximum absolute atomic E-state index is 11.1. The normalized spacial score (nSPS) is 12.6. The largest absolute Gasteiger partial charge is 0.284 e. The van der Waals surface area contributed by atoms with Gasteiger partial charge in [-0.2, -0.15) is 0 Å². The highest BCUT2D eigenvalue weighted by atomic mass is 32.2. The van der Waals surface area contributed by atoms with E-state index in [1.165, 1.54) is 5.56 Å². The number of sulfonamides is 1. The average Bonchev–Trinajstić information content (AvgIpc) is 2.04. The van der Waals surface area contributed by atoms with Gasteiger partial charge in [-0.3, -0.25) is 4.72 Å². The quantitative estimate of drug-likeness (QED) is 0.865. The van der Waals surface area contributed by atoms with Crippen molar-refractivity contribution < 1.29 is 8.42 Å². The second-order valence-electron chi connectivity index (χ2n) is 5.15. The molecule has 3 nitrogen and oxygen atoms in total. The smallest absolute Gasteiger partial charge is 0.229 e. The zero-order valence-corrected chi connectivity index (χ0v) is 11.3. The molecule has 0 radical (unpaired) electrons. The lowest BCUT2D eigenvalue weighted by molar-refractivity contribution is 0.590. The summed E-state index contributed by atoms with van der Waals surface area (Å²) < 4.78 is 24.7. The molecule has 0 aliphatic heterocycles. The van der Waals surface area contributed by atoms with Crippen LogP contribution in [0.2, 0.25) is 0 Å². The maximum atomic E-state index is 11.1. The van der Waals surface area contributed by atoms with Crippen LogP contribution in [-0.4, -0.2) is 14.7 Å². The molecule has 0 atom stereocenters. The van der Waals surface area contributed by atoms with Crippen LogP contribution < -0.4 is 4.72 Å². The Morgan fingerprint density at radius 2 is 1.75 bits per heavy atom. The van der Waals surface area contributed by atoms with Crippen molar-refractivity contribution in [2.45, 2.75) is 33.1 Å². The van der Waals surface area contributed by atoms with Crippen LogP contribution >= 0.6 is 0 Å². The second-order valence-corrected chi connectivity index (χ2v) is 6.90. The van der Waals surface area contributed by atoms with Gasteiger partial charge in [-0.05, 0) is 29.5 Å². The van der Waals surface area contributed by atoms with E-state index in [-0.39, 0.29) is 5.41 Å². The molecule has 0 aliphatic rings. The number of anilines is 1. The zero-order valence-electron chi connectivity index (χ0n) is 10.5. The van der Waals surface area contributed by atoms with Gasteiger partial charge in [0.25, 0.3) is 0 Å². The molecule has 0 bridgehead atoms. The minimum atomic E-state index is -3.20. The van der Waals surface area contributed by atoms with Crippen LogP contribution in [0.1, 0.15) is 31.9 Å². The number of hydrogen-bond donors (Lipinski definition) is 1. The predicted octanol–water partition coefficient (Wildman–Crippen LogP) is 2.66. The van der Waals surface area contributed by atoms with Crippen molar-refractivity contribution in [1.29, 1.82) is 0 Å². The molecule has 90 valence electrons. The Hall–Kier alpha value is -1.03. The Morgan fingerprint density at radius 1 is 1.19 bits per heavy atom. The molecule has 16 heavy (non-hydrogen) atoms. The Balaban J connectivity index is 3.11. The fourth-order valence-electron chi connectivity index (χ4n) is 1.44. The van der Waals surface area contributed by atoms with E-state index in [1.807, 2.05) is 25.1 Å². The number of benzene rings is 1. The van der Waals surface area contributed by atoms with Crippen LogP contribution in [0.5, 0.6) is 0 Å². The van der Waals surface area contributed by atoms with Crippen LogP contribution in [0.4, 0.5) is 5.69 Å². The summed E-state index contributed by atoms with van der Waals surface area (Å²) in [5, 5.41) is 0. The van der Waals surface area contributed by atoms with Crippen molar-refractivity contribution >= 4 is 15.7 Å². The lowest BCUT2D eigenvalue weighted by Crippen LogP contribution is -2.13. The Kier molecular flexibility index (Phi) is 3.33. The summed E-state index contributed by atoms with van der Waals surface area (Å²) in [7, 11) is -3.20. The number of hydrogen-bond acceptors (Lipinski definition) is 2. The van der Waals surface area contributed by atoms with Gasteiger partial charge in [0.05, 0.1) is 11.9 Å². The Bertz CT molecular complexity index is 484. The van der Waals surface area contributed by atoms with Gasteiger partial charge >= 0.3 is 0 Å². The van der Waals surface area contributed by atoms with E-state index >= 15 is 0 Å². The van der Waals surface area contributed by atoms with Crippen molar-refractivity contribution in [1.82, 2.24) is 0 Å². The first-order valence-electron chi connectivity index (χ1n) is 5.18. The molecule has 0 saturated carbocycles. The molecule has 0 aliphatic carbocycles. The van der Waals surface area contributed by atoms with Gasteiger partial charge in [0, 0.05) is 0 Å².